The summed E-state index contributed by atoms with van der Waals surface area (Å²) in [5, 5.41) is 5.60. The van der Waals surface area contributed by atoms with Crippen molar-refractivity contribution in [2.45, 2.75) is 13.8 Å². The molecule has 0 unspecified atom stereocenters. The first-order valence-electron chi connectivity index (χ1n) is 7.47. The minimum absolute atomic E-state index is 0.240. The third-order valence-electron chi connectivity index (χ3n) is 3.35. The number of hydrogen-bond donors (Lipinski definition) is 2. The minimum Gasteiger partial charge on any atom is -0.497 e. The second-order valence-corrected chi connectivity index (χ2v) is 5.22. The van der Waals surface area contributed by atoms with Gasteiger partial charge in [0, 0.05) is 5.69 Å². The smallest absolute Gasteiger partial charge is 0.319 e. The van der Waals surface area contributed by atoms with Crippen molar-refractivity contribution >= 4 is 11.7 Å². The molecule has 122 valence electrons. The Morgan fingerprint density at radius 1 is 1.04 bits per heavy atom. The summed E-state index contributed by atoms with van der Waals surface area (Å²) in [5.74, 6) is 1.52. The first-order chi connectivity index (χ1) is 11.1. The van der Waals surface area contributed by atoms with Crippen LogP contribution in [-0.4, -0.2) is 26.3 Å². The summed E-state index contributed by atoms with van der Waals surface area (Å²) in [6.45, 7) is 4.80. The summed E-state index contributed by atoms with van der Waals surface area (Å²) in [5.41, 5.74) is 3.01. The lowest BCUT2D eigenvalue weighted by atomic mass is 10.1. The van der Waals surface area contributed by atoms with E-state index in [1.54, 1.807) is 7.11 Å². The molecule has 0 saturated carbocycles. The molecule has 0 aliphatic rings. The van der Waals surface area contributed by atoms with Gasteiger partial charge in [-0.1, -0.05) is 17.7 Å². The molecule has 0 fully saturated rings. The molecule has 0 spiro atoms. The molecule has 0 atom stereocenters. The second-order valence-electron chi connectivity index (χ2n) is 5.22. The van der Waals surface area contributed by atoms with E-state index < -0.39 is 0 Å². The van der Waals surface area contributed by atoms with Gasteiger partial charge in [0.2, 0.25) is 0 Å². The Labute approximate surface area is 136 Å². The fourth-order valence-corrected chi connectivity index (χ4v) is 2.13. The van der Waals surface area contributed by atoms with Crippen LogP contribution in [0.25, 0.3) is 0 Å². The highest BCUT2D eigenvalue weighted by Gasteiger charge is 2.04. The second kappa shape index (κ2) is 8.08. The van der Waals surface area contributed by atoms with Gasteiger partial charge in [0.1, 0.15) is 18.1 Å². The highest BCUT2D eigenvalue weighted by Crippen LogP contribution is 2.17. The Morgan fingerprint density at radius 3 is 2.39 bits per heavy atom. The van der Waals surface area contributed by atoms with Gasteiger partial charge >= 0.3 is 6.03 Å². The largest absolute Gasteiger partial charge is 0.497 e. The summed E-state index contributed by atoms with van der Waals surface area (Å²) in [6.07, 6.45) is 0. The van der Waals surface area contributed by atoms with E-state index >= 15 is 0 Å². The Balaban J connectivity index is 1.72. The van der Waals surface area contributed by atoms with Gasteiger partial charge in [0.25, 0.3) is 0 Å². The number of nitrogens with one attached hydrogen (secondary N) is 2. The number of ether oxygens (including phenoxy) is 2. The monoisotopic (exact) mass is 314 g/mol. The van der Waals surface area contributed by atoms with E-state index in [0.29, 0.717) is 13.2 Å². The standard InChI is InChI=1S/C18H22N2O3/c1-13-4-9-17(14(2)12-13)20-18(21)19-10-11-23-16-7-5-15(22-3)6-8-16/h4-9,12H,10-11H2,1-3H3,(H2,19,20,21). The van der Waals surface area contributed by atoms with Crippen molar-refractivity contribution in [1.29, 1.82) is 0 Å². The van der Waals surface area contributed by atoms with Crippen LogP contribution in [0.2, 0.25) is 0 Å². The van der Waals surface area contributed by atoms with Gasteiger partial charge in [-0.3, -0.25) is 0 Å². The van der Waals surface area contributed by atoms with Gasteiger partial charge in [0.05, 0.1) is 13.7 Å². The molecule has 0 saturated heterocycles. The maximum Gasteiger partial charge on any atom is 0.319 e. The highest BCUT2D eigenvalue weighted by atomic mass is 16.5. The lowest BCUT2D eigenvalue weighted by Crippen LogP contribution is -2.32. The number of amides is 2. The van der Waals surface area contributed by atoms with Crippen molar-refractivity contribution < 1.29 is 14.3 Å². The van der Waals surface area contributed by atoms with Crippen LogP contribution < -0.4 is 20.1 Å². The molecule has 0 radical (unpaired) electrons. The predicted octanol–water partition coefficient (Wildman–Crippen LogP) is 3.51. The Kier molecular flexibility index (Phi) is 5.86. The molecule has 2 rings (SSSR count). The maximum atomic E-state index is 11.9. The van der Waals surface area contributed by atoms with E-state index in [-0.39, 0.29) is 6.03 Å². The van der Waals surface area contributed by atoms with Crippen LogP contribution in [0.5, 0.6) is 11.5 Å². The van der Waals surface area contributed by atoms with Crippen LogP contribution >= 0.6 is 0 Å². The summed E-state index contributed by atoms with van der Waals surface area (Å²) < 4.78 is 10.6. The average Bonchev–Trinajstić information content (AvgIpc) is 2.55. The molecule has 2 amide bonds. The third-order valence-corrected chi connectivity index (χ3v) is 3.35. The van der Waals surface area contributed by atoms with Crippen LogP contribution in [-0.2, 0) is 0 Å². The lowest BCUT2D eigenvalue weighted by Gasteiger charge is -2.11. The third kappa shape index (κ3) is 5.21. The number of carbonyl (C=O) groups excluding carboxylic acids is 1. The van der Waals surface area contributed by atoms with Crippen molar-refractivity contribution in [2.24, 2.45) is 0 Å². The summed E-state index contributed by atoms with van der Waals surface area (Å²) in [4.78, 5) is 11.9. The van der Waals surface area contributed by atoms with Gasteiger partial charge in [-0.2, -0.15) is 0 Å². The summed E-state index contributed by atoms with van der Waals surface area (Å²) in [7, 11) is 1.62. The number of anilines is 1. The quantitative estimate of drug-likeness (QED) is 0.802. The number of aryl methyl sites for hydroxylation is 2. The first kappa shape index (κ1) is 16.7. The van der Waals surface area contributed by atoms with Crippen molar-refractivity contribution in [1.82, 2.24) is 5.32 Å². The van der Waals surface area contributed by atoms with Gasteiger partial charge in [-0.25, -0.2) is 4.79 Å². The SMILES string of the molecule is COc1ccc(OCCNC(=O)Nc2ccc(C)cc2C)cc1. The van der Waals surface area contributed by atoms with Crippen LogP contribution in [0, 0.1) is 13.8 Å². The minimum atomic E-state index is -0.240. The molecule has 0 aliphatic carbocycles. The zero-order valence-electron chi connectivity index (χ0n) is 13.7. The molecule has 0 heterocycles. The van der Waals surface area contributed by atoms with Crippen LogP contribution in [0.4, 0.5) is 10.5 Å². The fraction of sp³-hybridized carbons (Fsp3) is 0.278. The molecule has 0 aliphatic heterocycles. The van der Waals surface area contributed by atoms with Crippen LogP contribution in [0.1, 0.15) is 11.1 Å². The Hall–Kier alpha value is -2.69. The van der Waals surface area contributed by atoms with Crippen molar-refractivity contribution in [3.63, 3.8) is 0 Å². The highest BCUT2D eigenvalue weighted by molar-refractivity contribution is 5.90. The van der Waals surface area contributed by atoms with Crippen molar-refractivity contribution in [2.75, 3.05) is 25.6 Å². The molecule has 2 N–H and O–H groups in total. The number of hydrogen-bond acceptors (Lipinski definition) is 3. The topological polar surface area (TPSA) is 59.6 Å². The molecule has 23 heavy (non-hydrogen) atoms. The lowest BCUT2D eigenvalue weighted by molar-refractivity contribution is 0.247. The number of carbonyl (C=O) groups is 1. The van der Waals surface area contributed by atoms with Crippen LogP contribution in [0.15, 0.2) is 42.5 Å². The Bertz CT molecular complexity index is 654. The number of benzene rings is 2. The fourth-order valence-electron chi connectivity index (χ4n) is 2.13. The normalized spacial score (nSPS) is 10.0. The van der Waals surface area contributed by atoms with Crippen molar-refractivity contribution in [3.8, 4) is 11.5 Å². The summed E-state index contributed by atoms with van der Waals surface area (Å²) >= 11 is 0. The molecular formula is C18H22N2O3. The van der Waals surface area contributed by atoms with E-state index in [0.717, 1.165) is 22.7 Å². The van der Waals surface area contributed by atoms with E-state index in [2.05, 4.69) is 10.6 Å². The van der Waals surface area contributed by atoms with E-state index in [9.17, 15) is 4.79 Å². The predicted molar refractivity (Wildman–Crippen MR) is 91.4 cm³/mol. The van der Waals surface area contributed by atoms with Crippen LogP contribution in [0.3, 0.4) is 0 Å². The van der Waals surface area contributed by atoms with Gasteiger partial charge in [-0.05, 0) is 49.7 Å². The molecule has 0 aromatic heterocycles. The Morgan fingerprint density at radius 2 is 1.74 bits per heavy atom. The average molecular weight is 314 g/mol. The first-order valence-corrected chi connectivity index (χ1v) is 7.47. The molecule has 5 nitrogen and oxygen atoms in total. The molecule has 2 aromatic rings. The maximum absolute atomic E-state index is 11.9. The van der Waals surface area contributed by atoms with E-state index in [1.165, 1.54) is 5.56 Å². The van der Waals surface area contributed by atoms with Gasteiger partial charge in [-0.15, -0.1) is 0 Å². The van der Waals surface area contributed by atoms with E-state index in [1.807, 2.05) is 56.3 Å². The van der Waals surface area contributed by atoms with Crippen molar-refractivity contribution in [3.05, 3.63) is 53.6 Å². The molecule has 0 bridgehead atoms. The number of methoxy groups -OCH3 is 1. The van der Waals surface area contributed by atoms with E-state index in [4.69, 9.17) is 9.47 Å². The zero-order valence-corrected chi connectivity index (χ0v) is 13.7. The van der Waals surface area contributed by atoms with Gasteiger partial charge in [0.15, 0.2) is 0 Å². The van der Waals surface area contributed by atoms with Gasteiger partial charge < -0.3 is 20.1 Å². The molecular weight excluding hydrogens is 292 g/mol. The summed E-state index contributed by atoms with van der Waals surface area (Å²) in [6, 6.07) is 13.0. The molecule has 2 aromatic carbocycles. The number of rotatable bonds is 6. The zero-order chi connectivity index (χ0) is 16.7. The number of urea groups is 1. The molecule has 5 heteroatoms.